The topological polar surface area (TPSA) is 69.4 Å². The van der Waals surface area contributed by atoms with Gasteiger partial charge < -0.3 is 10.5 Å². The summed E-state index contributed by atoms with van der Waals surface area (Å²) in [7, 11) is 0. The summed E-state index contributed by atoms with van der Waals surface area (Å²) in [5.41, 5.74) is 6.13. The Kier molecular flexibility index (Phi) is 6.94. The van der Waals surface area contributed by atoms with Crippen molar-refractivity contribution in [3.8, 4) is 0 Å². The van der Waals surface area contributed by atoms with Gasteiger partial charge in [-0.25, -0.2) is 0 Å². The van der Waals surface area contributed by atoms with Gasteiger partial charge in [0.2, 0.25) is 0 Å². The summed E-state index contributed by atoms with van der Waals surface area (Å²) in [5, 5.41) is 0. The van der Waals surface area contributed by atoms with Crippen LogP contribution >= 0.6 is 34.8 Å². The van der Waals surface area contributed by atoms with Crippen molar-refractivity contribution >= 4 is 46.6 Å². The Morgan fingerprint density at radius 1 is 1.24 bits per heavy atom. The number of Topliss-reactive ketones (excluding diaryl/α,β-unsaturated/α-hetero) is 1. The number of esters is 1. The number of benzene rings is 1. The highest BCUT2D eigenvalue weighted by atomic mass is 35.6. The fourth-order valence-corrected chi connectivity index (χ4v) is 1.93. The van der Waals surface area contributed by atoms with Crippen molar-refractivity contribution in [3.05, 3.63) is 35.9 Å². The van der Waals surface area contributed by atoms with E-state index in [0.717, 1.165) is 0 Å². The third-order valence-corrected chi connectivity index (χ3v) is 3.32. The number of rotatable bonds is 6. The van der Waals surface area contributed by atoms with Crippen molar-refractivity contribution in [1.29, 1.82) is 0 Å². The lowest BCUT2D eigenvalue weighted by atomic mass is 9.92. The molecule has 0 aromatic heterocycles. The van der Waals surface area contributed by atoms with Crippen molar-refractivity contribution in [2.75, 3.05) is 6.61 Å². The van der Waals surface area contributed by atoms with Crippen LogP contribution in [-0.2, 0) is 9.53 Å². The summed E-state index contributed by atoms with van der Waals surface area (Å²) in [6.45, 7) is 1.47. The summed E-state index contributed by atoms with van der Waals surface area (Å²) in [4.78, 5) is 24.4. The maximum Gasteiger partial charge on any atom is 0.318 e. The Hall–Kier alpha value is -0.810. The summed E-state index contributed by atoms with van der Waals surface area (Å²) in [6, 6.07) is 7.74. The van der Waals surface area contributed by atoms with E-state index in [2.05, 4.69) is 0 Å². The molecule has 0 saturated carbocycles. The van der Waals surface area contributed by atoms with Crippen LogP contribution in [0.2, 0.25) is 0 Å². The second-order valence-electron chi connectivity index (χ2n) is 4.60. The van der Waals surface area contributed by atoms with Gasteiger partial charge >= 0.3 is 5.97 Å². The first kappa shape index (κ1) is 18.2. The number of hydrogen-bond acceptors (Lipinski definition) is 4. The highest BCUT2D eigenvalue weighted by Gasteiger charge is 2.33. The number of ketones is 1. The Morgan fingerprint density at radius 2 is 1.81 bits per heavy atom. The number of carbonyl (C=O) groups excluding carboxylic acids is 2. The summed E-state index contributed by atoms with van der Waals surface area (Å²) < 4.78 is 3.48. The summed E-state index contributed by atoms with van der Waals surface area (Å²) in [5.74, 6) is -2.18. The standard InChI is InChI=1S/C14H16Cl3NO3/c1-9(18)11(12(19)10-5-3-2-4-6-10)13(20)21-8-7-14(15,16)17/h2-6,9,11H,7-8,18H2,1H3. The average Bonchev–Trinajstić information content (AvgIpc) is 2.37. The van der Waals surface area contributed by atoms with E-state index >= 15 is 0 Å². The Bertz CT molecular complexity index is 486. The first-order chi connectivity index (χ1) is 9.72. The van der Waals surface area contributed by atoms with Gasteiger partial charge in [-0.3, -0.25) is 9.59 Å². The van der Waals surface area contributed by atoms with Crippen LogP contribution in [0, 0.1) is 5.92 Å². The number of halogens is 3. The van der Waals surface area contributed by atoms with Gasteiger partial charge in [0.15, 0.2) is 9.58 Å². The highest BCUT2D eigenvalue weighted by molar-refractivity contribution is 6.67. The van der Waals surface area contributed by atoms with E-state index in [-0.39, 0.29) is 18.8 Å². The van der Waals surface area contributed by atoms with Crippen LogP contribution < -0.4 is 5.73 Å². The SMILES string of the molecule is CC(N)C(C(=O)OCCC(Cl)(Cl)Cl)C(=O)c1ccccc1. The zero-order valence-corrected chi connectivity index (χ0v) is 13.7. The second-order valence-corrected chi connectivity index (χ2v) is 7.12. The van der Waals surface area contributed by atoms with E-state index in [1.807, 2.05) is 0 Å². The molecule has 2 unspecified atom stereocenters. The number of carbonyl (C=O) groups is 2. The second kappa shape index (κ2) is 7.99. The molecule has 0 spiro atoms. The van der Waals surface area contributed by atoms with Crippen LogP contribution in [0.1, 0.15) is 23.7 Å². The van der Waals surface area contributed by atoms with Crippen LogP contribution in [-0.4, -0.2) is 28.2 Å². The molecule has 0 radical (unpaired) electrons. The van der Waals surface area contributed by atoms with Gasteiger partial charge in [0.05, 0.1) is 6.61 Å². The molecule has 0 saturated heterocycles. The van der Waals surface area contributed by atoms with Crippen molar-refractivity contribution in [1.82, 2.24) is 0 Å². The molecule has 21 heavy (non-hydrogen) atoms. The fraction of sp³-hybridized carbons (Fsp3) is 0.429. The molecule has 2 atom stereocenters. The number of alkyl halides is 3. The van der Waals surface area contributed by atoms with E-state index in [9.17, 15) is 9.59 Å². The Balaban J connectivity index is 2.73. The maximum absolute atomic E-state index is 12.3. The number of ether oxygens (including phenoxy) is 1. The van der Waals surface area contributed by atoms with Crippen molar-refractivity contribution in [2.24, 2.45) is 11.7 Å². The van der Waals surface area contributed by atoms with Gasteiger partial charge in [-0.1, -0.05) is 65.1 Å². The molecule has 0 bridgehead atoms. The van der Waals surface area contributed by atoms with Crippen LogP contribution in [0.3, 0.4) is 0 Å². The molecule has 0 heterocycles. The molecule has 0 aliphatic rings. The maximum atomic E-state index is 12.3. The molecule has 1 rings (SSSR count). The van der Waals surface area contributed by atoms with Gasteiger partial charge in [0.1, 0.15) is 5.92 Å². The molecular weight excluding hydrogens is 337 g/mol. The van der Waals surface area contributed by atoms with Gasteiger partial charge in [0.25, 0.3) is 0 Å². The molecule has 1 aromatic rings. The number of nitrogens with two attached hydrogens (primary N) is 1. The zero-order chi connectivity index (χ0) is 16.0. The van der Waals surface area contributed by atoms with E-state index < -0.39 is 21.7 Å². The molecule has 0 aliphatic heterocycles. The molecule has 7 heteroatoms. The Labute approximate surface area is 138 Å². The van der Waals surface area contributed by atoms with Crippen LogP contribution in [0.15, 0.2) is 30.3 Å². The van der Waals surface area contributed by atoms with Crippen molar-refractivity contribution in [2.45, 2.75) is 23.2 Å². The Morgan fingerprint density at radius 3 is 2.29 bits per heavy atom. The van der Waals surface area contributed by atoms with E-state index in [0.29, 0.717) is 5.56 Å². The van der Waals surface area contributed by atoms with Crippen LogP contribution in [0.4, 0.5) is 0 Å². The van der Waals surface area contributed by atoms with Crippen LogP contribution in [0.5, 0.6) is 0 Å². The minimum atomic E-state index is -1.51. The van der Waals surface area contributed by atoms with Crippen molar-refractivity contribution in [3.63, 3.8) is 0 Å². The first-order valence-corrected chi connectivity index (χ1v) is 7.44. The molecule has 116 valence electrons. The minimum absolute atomic E-state index is 0.0363. The molecule has 1 aromatic carbocycles. The predicted octanol–water partition coefficient (Wildman–Crippen LogP) is 3.14. The van der Waals surface area contributed by atoms with E-state index in [1.54, 1.807) is 37.3 Å². The third kappa shape index (κ3) is 6.22. The summed E-state index contributed by atoms with van der Waals surface area (Å²) in [6.07, 6.45) is 0.0363. The molecule has 0 amide bonds. The van der Waals surface area contributed by atoms with E-state index in [4.69, 9.17) is 45.3 Å². The zero-order valence-electron chi connectivity index (χ0n) is 11.4. The van der Waals surface area contributed by atoms with Crippen LogP contribution in [0.25, 0.3) is 0 Å². The normalized spacial score (nSPS) is 14.3. The monoisotopic (exact) mass is 351 g/mol. The number of hydrogen-bond donors (Lipinski definition) is 1. The average molecular weight is 353 g/mol. The molecule has 2 N–H and O–H groups in total. The van der Waals surface area contributed by atoms with Crippen molar-refractivity contribution < 1.29 is 14.3 Å². The quantitative estimate of drug-likeness (QED) is 0.369. The van der Waals surface area contributed by atoms with E-state index in [1.165, 1.54) is 0 Å². The van der Waals surface area contributed by atoms with Gasteiger partial charge in [-0.2, -0.15) is 0 Å². The molecule has 0 aliphatic carbocycles. The van der Waals surface area contributed by atoms with Gasteiger partial charge in [-0.15, -0.1) is 0 Å². The van der Waals surface area contributed by atoms with Gasteiger partial charge in [0, 0.05) is 18.0 Å². The third-order valence-electron chi connectivity index (χ3n) is 2.75. The lowest BCUT2D eigenvalue weighted by Gasteiger charge is -2.19. The highest BCUT2D eigenvalue weighted by Crippen LogP contribution is 2.29. The molecular formula is C14H16Cl3NO3. The predicted molar refractivity (Wildman–Crippen MR) is 83.8 cm³/mol. The minimum Gasteiger partial charge on any atom is -0.465 e. The largest absolute Gasteiger partial charge is 0.465 e. The van der Waals surface area contributed by atoms with Gasteiger partial charge in [-0.05, 0) is 6.92 Å². The summed E-state index contributed by atoms with van der Waals surface area (Å²) >= 11 is 16.7. The lowest BCUT2D eigenvalue weighted by molar-refractivity contribution is -0.147. The fourth-order valence-electron chi connectivity index (χ4n) is 1.70. The molecule has 4 nitrogen and oxygen atoms in total. The molecule has 0 fully saturated rings. The first-order valence-electron chi connectivity index (χ1n) is 6.30. The smallest absolute Gasteiger partial charge is 0.318 e. The lowest BCUT2D eigenvalue weighted by Crippen LogP contribution is -2.40.